The van der Waals surface area contributed by atoms with Crippen LogP contribution in [0.25, 0.3) is 0 Å². The number of nitrogens with zero attached hydrogens (tertiary/aromatic N) is 5. The molecular weight excluding hydrogens is 368 g/mol. The lowest BCUT2D eigenvalue weighted by molar-refractivity contribution is -0.129. The van der Waals surface area contributed by atoms with Crippen LogP contribution in [0, 0.1) is 5.92 Å². The second kappa shape index (κ2) is 7.93. The summed E-state index contributed by atoms with van der Waals surface area (Å²) in [6.07, 6.45) is 4.34. The van der Waals surface area contributed by atoms with Crippen LogP contribution in [0.15, 0.2) is 12.3 Å². The Morgan fingerprint density at radius 1 is 1.28 bits per heavy atom. The van der Waals surface area contributed by atoms with Crippen molar-refractivity contribution in [1.82, 2.24) is 30.0 Å². The summed E-state index contributed by atoms with van der Waals surface area (Å²) >= 11 is 0. The van der Waals surface area contributed by atoms with Crippen molar-refractivity contribution in [2.75, 3.05) is 19.6 Å². The maximum absolute atomic E-state index is 12.8. The molecule has 1 N–H and O–H groups in total. The fraction of sp³-hybridized carbons (Fsp3) is 0.571. The van der Waals surface area contributed by atoms with Crippen molar-refractivity contribution in [1.29, 1.82) is 0 Å². The lowest BCUT2D eigenvalue weighted by Gasteiger charge is -2.27. The highest BCUT2D eigenvalue weighted by Gasteiger charge is 2.31. The first kappa shape index (κ1) is 19.5. The standard InChI is InChI=1S/C21H28N6O2/c1-13(2)8-17-9-19(25-24-17)21(29)27-6-4-15(11-27)20-22-10-16-12-26(14(3)28)7-5-18(16)23-20/h9-10,13,15H,4-8,11-12H2,1-3H3,(H,24,25)/t15-/m1/s1. The van der Waals surface area contributed by atoms with E-state index in [0.717, 1.165) is 42.0 Å². The molecule has 1 atom stereocenters. The molecule has 8 nitrogen and oxygen atoms in total. The molecule has 2 aliphatic heterocycles. The van der Waals surface area contributed by atoms with Gasteiger partial charge in [-0.05, 0) is 24.8 Å². The van der Waals surface area contributed by atoms with Gasteiger partial charge < -0.3 is 9.80 Å². The summed E-state index contributed by atoms with van der Waals surface area (Å²) in [7, 11) is 0. The lowest BCUT2D eigenvalue weighted by Crippen LogP contribution is -2.35. The summed E-state index contributed by atoms with van der Waals surface area (Å²) in [5.74, 6) is 1.51. The van der Waals surface area contributed by atoms with Gasteiger partial charge in [0, 0.05) is 62.9 Å². The second-order valence-corrected chi connectivity index (χ2v) is 8.50. The van der Waals surface area contributed by atoms with Gasteiger partial charge in [0.05, 0.1) is 5.69 Å². The first-order chi connectivity index (χ1) is 13.9. The van der Waals surface area contributed by atoms with Crippen molar-refractivity contribution in [3.05, 3.63) is 40.7 Å². The van der Waals surface area contributed by atoms with Gasteiger partial charge in [0.1, 0.15) is 11.5 Å². The smallest absolute Gasteiger partial charge is 0.274 e. The van der Waals surface area contributed by atoms with Gasteiger partial charge in [0.2, 0.25) is 5.91 Å². The third-order valence-electron chi connectivity index (χ3n) is 5.72. The van der Waals surface area contributed by atoms with E-state index in [0.29, 0.717) is 37.8 Å². The normalized spacial score (nSPS) is 19.0. The van der Waals surface area contributed by atoms with E-state index in [9.17, 15) is 9.59 Å². The first-order valence-electron chi connectivity index (χ1n) is 10.3. The van der Waals surface area contributed by atoms with E-state index in [1.54, 1.807) is 6.92 Å². The number of likely N-dealkylation sites (tertiary alicyclic amines) is 1. The topological polar surface area (TPSA) is 95.1 Å². The van der Waals surface area contributed by atoms with Crippen LogP contribution in [0.4, 0.5) is 0 Å². The minimum Gasteiger partial charge on any atom is -0.338 e. The van der Waals surface area contributed by atoms with Gasteiger partial charge in [-0.15, -0.1) is 0 Å². The number of fused-ring (bicyclic) bond motifs is 1. The van der Waals surface area contributed by atoms with E-state index in [1.807, 2.05) is 22.1 Å². The number of carbonyl (C=O) groups excluding carboxylic acids is 2. The molecule has 1 fully saturated rings. The van der Waals surface area contributed by atoms with Crippen molar-refractivity contribution in [3.8, 4) is 0 Å². The molecule has 0 radical (unpaired) electrons. The zero-order valence-electron chi connectivity index (χ0n) is 17.3. The Bertz CT molecular complexity index is 922. The van der Waals surface area contributed by atoms with E-state index in [-0.39, 0.29) is 17.7 Å². The predicted molar refractivity (Wildman–Crippen MR) is 107 cm³/mol. The first-order valence-corrected chi connectivity index (χ1v) is 10.3. The molecule has 4 heterocycles. The highest BCUT2D eigenvalue weighted by molar-refractivity contribution is 5.92. The van der Waals surface area contributed by atoms with Gasteiger partial charge in [-0.25, -0.2) is 9.97 Å². The molecule has 2 amide bonds. The van der Waals surface area contributed by atoms with Crippen LogP contribution in [0.2, 0.25) is 0 Å². The highest BCUT2D eigenvalue weighted by atomic mass is 16.2. The quantitative estimate of drug-likeness (QED) is 0.852. The van der Waals surface area contributed by atoms with Gasteiger partial charge >= 0.3 is 0 Å². The van der Waals surface area contributed by atoms with Gasteiger partial charge in [-0.1, -0.05) is 13.8 Å². The predicted octanol–water partition coefficient (Wildman–Crippen LogP) is 1.93. The summed E-state index contributed by atoms with van der Waals surface area (Å²) in [5, 5.41) is 7.19. The summed E-state index contributed by atoms with van der Waals surface area (Å²) in [5.41, 5.74) is 3.53. The molecule has 0 bridgehead atoms. The third-order valence-corrected chi connectivity index (χ3v) is 5.72. The number of rotatable bonds is 4. The number of hydrogen-bond donors (Lipinski definition) is 1. The number of H-pyrrole nitrogens is 1. The molecule has 2 aliphatic rings. The van der Waals surface area contributed by atoms with Crippen molar-refractivity contribution >= 4 is 11.8 Å². The zero-order chi connectivity index (χ0) is 20.5. The van der Waals surface area contributed by atoms with E-state index in [2.05, 4.69) is 29.0 Å². The number of aromatic amines is 1. The molecular formula is C21H28N6O2. The molecule has 2 aromatic rings. The Labute approximate surface area is 170 Å². The van der Waals surface area contributed by atoms with Gasteiger partial charge in [0.25, 0.3) is 5.91 Å². The third kappa shape index (κ3) is 4.16. The summed E-state index contributed by atoms with van der Waals surface area (Å²) in [6.45, 7) is 8.46. The molecule has 0 saturated carbocycles. The Morgan fingerprint density at radius 3 is 2.86 bits per heavy atom. The van der Waals surface area contributed by atoms with Crippen LogP contribution in [0.5, 0.6) is 0 Å². The van der Waals surface area contributed by atoms with Crippen LogP contribution >= 0.6 is 0 Å². The van der Waals surface area contributed by atoms with E-state index >= 15 is 0 Å². The second-order valence-electron chi connectivity index (χ2n) is 8.50. The molecule has 29 heavy (non-hydrogen) atoms. The number of carbonyl (C=O) groups is 2. The summed E-state index contributed by atoms with van der Waals surface area (Å²) in [4.78, 5) is 37.4. The van der Waals surface area contributed by atoms with Crippen LogP contribution in [-0.4, -0.2) is 61.4 Å². The number of amides is 2. The van der Waals surface area contributed by atoms with Crippen molar-refractivity contribution in [3.63, 3.8) is 0 Å². The Balaban J connectivity index is 1.41. The zero-order valence-corrected chi connectivity index (χ0v) is 17.3. The molecule has 0 spiro atoms. The van der Waals surface area contributed by atoms with Gasteiger partial charge in [-0.3, -0.25) is 14.7 Å². The van der Waals surface area contributed by atoms with E-state index in [1.165, 1.54) is 0 Å². The van der Waals surface area contributed by atoms with E-state index in [4.69, 9.17) is 4.98 Å². The molecule has 4 rings (SSSR count). The van der Waals surface area contributed by atoms with Crippen molar-refractivity contribution in [2.45, 2.75) is 52.5 Å². The molecule has 0 unspecified atom stereocenters. The SMILES string of the molecule is CC(=O)N1CCc2nc([C@@H]3CCN(C(=O)c4cc(CC(C)C)[nH]n4)C3)ncc2C1. The van der Waals surface area contributed by atoms with Crippen LogP contribution in [-0.2, 0) is 24.2 Å². The average Bonchev–Trinajstić information content (AvgIpc) is 3.36. The molecule has 2 aromatic heterocycles. The van der Waals surface area contributed by atoms with Crippen molar-refractivity contribution in [2.24, 2.45) is 5.92 Å². The minimum absolute atomic E-state index is 0.0335. The lowest BCUT2D eigenvalue weighted by atomic mass is 10.0. The molecule has 8 heteroatoms. The van der Waals surface area contributed by atoms with Crippen LogP contribution in [0.3, 0.4) is 0 Å². The average molecular weight is 396 g/mol. The molecule has 0 aromatic carbocycles. The molecule has 154 valence electrons. The Hall–Kier alpha value is -2.77. The Morgan fingerprint density at radius 2 is 2.10 bits per heavy atom. The summed E-state index contributed by atoms with van der Waals surface area (Å²) < 4.78 is 0. The maximum atomic E-state index is 12.8. The Kier molecular flexibility index (Phi) is 5.34. The molecule has 1 saturated heterocycles. The van der Waals surface area contributed by atoms with Gasteiger partial charge in [-0.2, -0.15) is 5.10 Å². The van der Waals surface area contributed by atoms with Crippen LogP contribution in [0.1, 0.15) is 66.4 Å². The van der Waals surface area contributed by atoms with E-state index < -0.39 is 0 Å². The fourth-order valence-corrected chi connectivity index (χ4v) is 4.13. The molecule has 0 aliphatic carbocycles. The largest absolute Gasteiger partial charge is 0.338 e. The van der Waals surface area contributed by atoms with Crippen LogP contribution < -0.4 is 0 Å². The summed E-state index contributed by atoms with van der Waals surface area (Å²) in [6, 6.07) is 1.87. The minimum atomic E-state index is -0.0335. The number of aromatic nitrogens is 4. The number of hydrogen-bond acceptors (Lipinski definition) is 5. The highest BCUT2D eigenvalue weighted by Crippen LogP contribution is 2.27. The fourth-order valence-electron chi connectivity index (χ4n) is 4.13. The maximum Gasteiger partial charge on any atom is 0.274 e. The van der Waals surface area contributed by atoms with Crippen molar-refractivity contribution < 1.29 is 9.59 Å². The van der Waals surface area contributed by atoms with Gasteiger partial charge in [0.15, 0.2) is 0 Å². The number of nitrogens with one attached hydrogen (secondary N) is 1. The monoisotopic (exact) mass is 396 g/mol.